The maximum atomic E-state index is 12.4. The van der Waals surface area contributed by atoms with Gasteiger partial charge in [0.05, 0.1) is 0 Å². The van der Waals surface area contributed by atoms with Gasteiger partial charge in [0, 0.05) is 23.3 Å². The lowest BCUT2D eigenvalue weighted by Crippen LogP contribution is -2.33. The first-order valence-corrected chi connectivity index (χ1v) is 8.63. The fourth-order valence-electron chi connectivity index (χ4n) is 2.88. The van der Waals surface area contributed by atoms with E-state index in [9.17, 15) is 4.79 Å². The number of amides is 1. The molecule has 0 radical (unpaired) electrons. The number of rotatable bonds is 5. The van der Waals surface area contributed by atoms with Crippen molar-refractivity contribution >= 4 is 23.5 Å². The summed E-state index contributed by atoms with van der Waals surface area (Å²) >= 11 is 5.89. The van der Waals surface area contributed by atoms with Gasteiger partial charge in [0.15, 0.2) is 0 Å². The molecule has 0 unspecified atom stereocenters. The number of carbonyl (C=O) groups is 1. The highest BCUT2D eigenvalue weighted by Crippen LogP contribution is 2.18. The zero-order chi connectivity index (χ0) is 16.9. The Hall–Kier alpha value is -2.14. The van der Waals surface area contributed by atoms with Crippen LogP contribution in [0.3, 0.4) is 0 Å². The molecule has 0 spiro atoms. The maximum absolute atomic E-state index is 12.4. The van der Waals surface area contributed by atoms with Crippen LogP contribution in [0, 0.1) is 6.92 Å². The third-order valence-corrected chi connectivity index (χ3v) is 4.39. The molecule has 0 bridgehead atoms. The number of nitrogens with zero attached hydrogens (tertiary/aromatic N) is 2. The maximum Gasteiger partial charge on any atom is 0.270 e. The van der Waals surface area contributed by atoms with Crippen molar-refractivity contribution in [2.75, 3.05) is 5.32 Å². The molecule has 1 aromatic heterocycles. The summed E-state index contributed by atoms with van der Waals surface area (Å²) in [5, 5.41) is 6.93. The Morgan fingerprint density at radius 1 is 1.21 bits per heavy atom. The van der Waals surface area contributed by atoms with E-state index in [1.807, 2.05) is 31.2 Å². The number of anilines is 1. The summed E-state index contributed by atoms with van der Waals surface area (Å²) in [5.41, 5.74) is 2.25. The van der Waals surface area contributed by atoms with Crippen LogP contribution in [-0.2, 0) is 6.54 Å². The lowest BCUT2D eigenvalue weighted by Gasteiger charge is -2.12. The molecule has 1 saturated carbocycles. The largest absolute Gasteiger partial charge is 0.350 e. The smallest absolute Gasteiger partial charge is 0.270 e. The van der Waals surface area contributed by atoms with E-state index in [-0.39, 0.29) is 11.9 Å². The summed E-state index contributed by atoms with van der Waals surface area (Å²) in [4.78, 5) is 21.1. The van der Waals surface area contributed by atoms with Crippen molar-refractivity contribution in [3.63, 3.8) is 0 Å². The lowest BCUT2D eigenvalue weighted by molar-refractivity contribution is 0.0932. The van der Waals surface area contributed by atoms with Crippen molar-refractivity contribution in [1.29, 1.82) is 0 Å². The van der Waals surface area contributed by atoms with E-state index in [4.69, 9.17) is 11.6 Å². The van der Waals surface area contributed by atoms with Crippen LogP contribution in [-0.4, -0.2) is 21.9 Å². The molecule has 1 aliphatic carbocycles. The van der Waals surface area contributed by atoms with Gasteiger partial charge in [-0.2, -0.15) is 0 Å². The predicted molar refractivity (Wildman–Crippen MR) is 95.3 cm³/mol. The summed E-state index contributed by atoms with van der Waals surface area (Å²) in [6, 6.07) is 9.57. The van der Waals surface area contributed by atoms with Crippen LogP contribution in [0.5, 0.6) is 0 Å². The highest BCUT2D eigenvalue weighted by molar-refractivity contribution is 6.30. The molecule has 0 aliphatic heterocycles. The number of hydrogen-bond acceptors (Lipinski definition) is 4. The minimum absolute atomic E-state index is 0.123. The Labute approximate surface area is 146 Å². The molecule has 2 aromatic rings. The van der Waals surface area contributed by atoms with Gasteiger partial charge in [-0.25, -0.2) is 9.97 Å². The molecule has 1 aliphatic rings. The van der Waals surface area contributed by atoms with E-state index in [2.05, 4.69) is 20.6 Å². The minimum Gasteiger partial charge on any atom is -0.350 e. The van der Waals surface area contributed by atoms with Crippen LogP contribution in [0.25, 0.3) is 0 Å². The fraction of sp³-hybridized carbons (Fsp3) is 0.389. The number of aromatic nitrogens is 2. The van der Waals surface area contributed by atoms with Crippen LogP contribution >= 0.6 is 11.6 Å². The molecule has 1 fully saturated rings. The molecule has 2 N–H and O–H groups in total. The van der Waals surface area contributed by atoms with Gasteiger partial charge in [-0.05, 0) is 43.5 Å². The van der Waals surface area contributed by atoms with Crippen LogP contribution < -0.4 is 10.6 Å². The first-order valence-electron chi connectivity index (χ1n) is 8.25. The van der Waals surface area contributed by atoms with Gasteiger partial charge in [-0.3, -0.25) is 4.79 Å². The Balaban J connectivity index is 1.66. The third-order valence-electron chi connectivity index (χ3n) is 4.14. The van der Waals surface area contributed by atoms with Gasteiger partial charge in [0.2, 0.25) is 5.95 Å². The van der Waals surface area contributed by atoms with E-state index >= 15 is 0 Å². The van der Waals surface area contributed by atoms with E-state index < -0.39 is 0 Å². The van der Waals surface area contributed by atoms with Crippen molar-refractivity contribution in [3.05, 3.63) is 52.3 Å². The summed E-state index contributed by atoms with van der Waals surface area (Å²) in [6.45, 7) is 2.44. The molecule has 6 heteroatoms. The highest BCUT2D eigenvalue weighted by Gasteiger charge is 2.19. The predicted octanol–water partition coefficient (Wildman–Crippen LogP) is 3.72. The van der Waals surface area contributed by atoms with E-state index in [0.717, 1.165) is 24.1 Å². The zero-order valence-corrected chi connectivity index (χ0v) is 14.4. The van der Waals surface area contributed by atoms with E-state index in [1.54, 1.807) is 6.07 Å². The Morgan fingerprint density at radius 3 is 2.62 bits per heavy atom. The molecule has 1 aromatic carbocycles. The van der Waals surface area contributed by atoms with Crippen molar-refractivity contribution in [3.8, 4) is 0 Å². The molecule has 5 nitrogen and oxygen atoms in total. The standard InChI is InChI=1S/C18H21ClN4O/c1-12-10-16(17(24)22-15-4-2-3-5-15)23-18(21-12)20-11-13-6-8-14(19)9-7-13/h6-10,15H,2-5,11H2,1H3,(H,22,24)(H,20,21,23). The first kappa shape index (κ1) is 16.7. The van der Waals surface area contributed by atoms with Crippen molar-refractivity contribution in [2.24, 2.45) is 0 Å². The average Bonchev–Trinajstić information content (AvgIpc) is 3.07. The van der Waals surface area contributed by atoms with E-state index in [1.165, 1.54) is 12.8 Å². The highest BCUT2D eigenvalue weighted by atomic mass is 35.5. The van der Waals surface area contributed by atoms with Crippen LogP contribution in [0.15, 0.2) is 30.3 Å². The number of halogens is 1. The normalized spacial score (nSPS) is 14.6. The summed E-state index contributed by atoms with van der Waals surface area (Å²) in [7, 11) is 0. The average molecular weight is 345 g/mol. The molecule has 0 atom stereocenters. The monoisotopic (exact) mass is 344 g/mol. The van der Waals surface area contributed by atoms with Crippen LogP contribution in [0.1, 0.15) is 47.4 Å². The zero-order valence-electron chi connectivity index (χ0n) is 13.7. The molecule has 3 rings (SSSR count). The van der Waals surface area contributed by atoms with Crippen molar-refractivity contribution in [1.82, 2.24) is 15.3 Å². The lowest BCUT2D eigenvalue weighted by atomic mass is 10.2. The first-order chi connectivity index (χ1) is 11.6. The van der Waals surface area contributed by atoms with Gasteiger partial charge < -0.3 is 10.6 Å². The van der Waals surface area contributed by atoms with Crippen LogP contribution in [0.2, 0.25) is 5.02 Å². The summed E-state index contributed by atoms with van der Waals surface area (Å²) < 4.78 is 0. The van der Waals surface area contributed by atoms with Crippen LogP contribution in [0.4, 0.5) is 5.95 Å². The quantitative estimate of drug-likeness (QED) is 0.867. The summed E-state index contributed by atoms with van der Waals surface area (Å²) in [5.74, 6) is 0.337. The second kappa shape index (κ2) is 7.62. The van der Waals surface area contributed by atoms with Gasteiger partial charge in [0.1, 0.15) is 5.69 Å². The fourth-order valence-corrected chi connectivity index (χ4v) is 3.00. The number of benzene rings is 1. The van der Waals surface area contributed by atoms with Crippen molar-refractivity contribution in [2.45, 2.75) is 45.2 Å². The van der Waals surface area contributed by atoms with E-state index in [0.29, 0.717) is 23.2 Å². The van der Waals surface area contributed by atoms with Crippen molar-refractivity contribution < 1.29 is 4.79 Å². The molecule has 1 amide bonds. The molecular formula is C18H21ClN4O. The number of carbonyl (C=O) groups excluding carboxylic acids is 1. The van der Waals surface area contributed by atoms with Gasteiger partial charge in [-0.15, -0.1) is 0 Å². The topological polar surface area (TPSA) is 66.9 Å². The molecule has 24 heavy (non-hydrogen) atoms. The second-order valence-corrected chi connectivity index (χ2v) is 6.59. The number of nitrogens with one attached hydrogen (secondary N) is 2. The number of aryl methyl sites for hydroxylation is 1. The molecule has 0 saturated heterocycles. The molecular weight excluding hydrogens is 324 g/mol. The Bertz CT molecular complexity index is 711. The SMILES string of the molecule is Cc1cc(C(=O)NC2CCCC2)nc(NCc2ccc(Cl)cc2)n1. The Kier molecular flexibility index (Phi) is 5.30. The molecule has 126 valence electrons. The Morgan fingerprint density at radius 2 is 1.92 bits per heavy atom. The van der Waals surface area contributed by atoms with Gasteiger partial charge in [-0.1, -0.05) is 36.6 Å². The van der Waals surface area contributed by atoms with Gasteiger partial charge in [0.25, 0.3) is 5.91 Å². The third kappa shape index (κ3) is 4.45. The second-order valence-electron chi connectivity index (χ2n) is 6.15. The molecule has 1 heterocycles. The van der Waals surface area contributed by atoms with Gasteiger partial charge >= 0.3 is 0 Å². The number of hydrogen-bond donors (Lipinski definition) is 2. The summed E-state index contributed by atoms with van der Waals surface area (Å²) in [6.07, 6.45) is 4.47. The minimum atomic E-state index is -0.123.